The third kappa shape index (κ3) is 4.61. The first-order valence-corrected chi connectivity index (χ1v) is 13.7. The minimum atomic E-state index is -3.61. The average Bonchev–Trinajstić information content (AvgIpc) is 3.31. The van der Waals surface area contributed by atoms with Crippen LogP contribution in [0.5, 0.6) is 0 Å². The Morgan fingerprint density at radius 3 is 2.48 bits per heavy atom. The molecule has 0 radical (unpaired) electrons. The summed E-state index contributed by atoms with van der Waals surface area (Å²) in [6.07, 6.45) is 0. The number of rotatable bonds is 7. The van der Waals surface area contributed by atoms with Crippen LogP contribution in [-0.4, -0.2) is 45.7 Å². The Hall–Kier alpha value is -2.53. The van der Waals surface area contributed by atoms with E-state index < -0.39 is 26.7 Å². The van der Waals surface area contributed by atoms with Crippen molar-refractivity contribution in [2.45, 2.75) is 30.2 Å². The van der Waals surface area contributed by atoms with E-state index in [0.29, 0.717) is 52.4 Å². The summed E-state index contributed by atoms with van der Waals surface area (Å²) < 4.78 is 40.4. The van der Waals surface area contributed by atoms with Gasteiger partial charge in [0.25, 0.3) is 5.91 Å². The van der Waals surface area contributed by atoms with Crippen molar-refractivity contribution in [3.63, 3.8) is 0 Å². The van der Waals surface area contributed by atoms with Crippen molar-refractivity contribution in [3.05, 3.63) is 70.4 Å². The summed E-state index contributed by atoms with van der Waals surface area (Å²) >= 11 is 6.13. The van der Waals surface area contributed by atoms with Crippen molar-refractivity contribution < 1.29 is 17.4 Å². The van der Waals surface area contributed by atoms with Crippen LogP contribution in [-0.2, 0) is 32.3 Å². The van der Waals surface area contributed by atoms with Gasteiger partial charge in [-0.15, -0.1) is 0 Å². The largest absolute Gasteiger partial charge is 0.306 e. The van der Waals surface area contributed by atoms with Crippen LogP contribution in [0.15, 0.2) is 53.4 Å². The van der Waals surface area contributed by atoms with Crippen molar-refractivity contribution in [3.8, 4) is 5.69 Å². The Labute approximate surface area is 200 Å². The van der Waals surface area contributed by atoms with Crippen molar-refractivity contribution in [2.24, 2.45) is 0 Å². The third-order valence-corrected chi connectivity index (χ3v) is 8.92. The molecule has 0 spiro atoms. The molecule has 1 aromatic heterocycles. The molecular weight excluding hydrogens is 484 g/mol. The smallest absolute Gasteiger partial charge is 0.256 e. The number of benzene rings is 2. The van der Waals surface area contributed by atoms with Gasteiger partial charge in [-0.2, -0.15) is 9.40 Å². The lowest BCUT2D eigenvalue weighted by Gasteiger charge is -2.18. The van der Waals surface area contributed by atoms with Gasteiger partial charge in [0.2, 0.25) is 10.0 Å². The molecule has 8 nitrogen and oxygen atoms in total. The number of sulfonamides is 1. The van der Waals surface area contributed by atoms with E-state index in [4.69, 9.17) is 11.6 Å². The van der Waals surface area contributed by atoms with Gasteiger partial charge < -0.3 is 5.32 Å². The number of amides is 1. The molecule has 1 aliphatic heterocycles. The summed E-state index contributed by atoms with van der Waals surface area (Å²) in [6.45, 7) is 4.27. The summed E-state index contributed by atoms with van der Waals surface area (Å²) in [4.78, 5) is 13.2. The molecule has 0 saturated heterocycles. The normalized spacial score (nSPS) is 15.6. The SMILES string of the molecule is CCN(CC)S(=O)(=O)c1ccc(C(=O)Nc2c3c(nn2-c2cccc(Cl)c2)C[S@@](=O)C3)cc1. The second-order valence-electron chi connectivity index (χ2n) is 7.46. The maximum absolute atomic E-state index is 13.0. The highest BCUT2D eigenvalue weighted by atomic mass is 35.5. The van der Waals surface area contributed by atoms with E-state index in [1.165, 1.54) is 28.6 Å². The molecule has 1 amide bonds. The lowest BCUT2D eigenvalue weighted by atomic mass is 10.2. The molecule has 2 heterocycles. The standard InChI is InChI=1S/C22H23ClN4O4S2/c1-3-26(4-2)33(30,31)18-10-8-15(9-11-18)22(28)24-21-19-13-32(29)14-20(19)25-27(21)17-7-5-6-16(23)12-17/h5-12H,3-4,13-14H2,1-2H3,(H,24,28)/t32-/m0/s1. The number of hydrogen-bond acceptors (Lipinski definition) is 5. The molecule has 2 aromatic carbocycles. The lowest BCUT2D eigenvalue weighted by Crippen LogP contribution is -2.30. The molecular formula is C22H23ClN4O4S2. The molecule has 0 unspecified atom stereocenters. The minimum Gasteiger partial charge on any atom is -0.306 e. The Kier molecular flexibility index (Phi) is 6.71. The molecule has 1 atom stereocenters. The topological polar surface area (TPSA) is 101 Å². The molecule has 0 aliphatic carbocycles. The summed E-state index contributed by atoms with van der Waals surface area (Å²) in [7, 11) is -4.68. The van der Waals surface area contributed by atoms with Crippen LogP contribution in [0.2, 0.25) is 5.02 Å². The Morgan fingerprint density at radius 1 is 1.15 bits per heavy atom. The van der Waals surface area contributed by atoms with Gasteiger partial charge in [-0.1, -0.05) is 31.5 Å². The number of aromatic nitrogens is 2. The van der Waals surface area contributed by atoms with Gasteiger partial charge in [0, 0.05) is 40.0 Å². The second-order valence-corrected chi connectivity index (χ2v) is 11.3. The molecule has 3 aromatic rings. The maximum Gasteiger partial charge on any atom is 0.256 e. The van der Waals surface area contributed by atoms with Gasteiger partial charge in [-0.25, -0.2) is 13.1 Å². The minimum absolute atomic E-state index is 0.128. The zero-order chi connectivity index (χ0) is 23.8. The number of nitrogens with zero attached hydrogens (tertiary/aromatic N) is 3. The first-order valence-electron chi connectivity index (χ1n) is 10.4. The second kappa shape index (κ2) is 9.38. The number of halogens is 1. The van der Waals surface area contributed by atoms with Gasteiger partial charge in [0.1, 0.15) is 5.82 Å². The van der Waals surface area contributed by atoms with E-state index >= 15 is 0 Å². The van der Waals surface area contributed by atoms with Crippen molar-refractivity contribution >= 4 is 44.1 Å². The monoisotopic (exact) mass is 506 g/mol. The van der Waals surface area contributed by atoms with E-state index in [0.717, 1.165) is 5.56 Å². The predicted molar refractivity (Wildman–Crippen MR) is 129 cm³/mol. The fourth-order valence-corrected chi connectivity index (χ4v) is 6.63. The number of carbonyl (C=O) groups is 1. The van der Waals surface area contributed by atoms with Crippen LogP contribution >= 0.6 is 11.6 Å². The van der Waals surface area contributed by atoms with E-state index in [1.54, 1.807) is 36.7 Å². The van der Waals surface area contributed by atoms with Gasteiger partial charge >= 0.3 is 0 Å². The van der Waals surface area contributed by atoms with Crippen LogP contribution in [0.3, 0.4) is 0 Å². The van der Waals surface area contributed by atoms with Crippen LogP contribution in [0.4, 0.5) is 5.82 Å². The molecule has 4 rings (SSSR count). The van der Waals surface area contributed by atoms with Crippen LogP contribution in [0.1, 0.15) is 35.5 Å². The van der Waals surface area contributed by atoms with E-state index in [9.17, 15) is 17.4 Å². The van der Waals surface area contributed by atoms with Gasteiger partial charge in [-0.05, 0) is 42.5 Å². The number of fused-ring (bicyclic) bond motifs is 1. The van der Waals surface area contributed by atoms with Gasteiger partial charge in [0.05, 0.1) is 27.8 Å². The number of anilines is 1. The molecule has 174 valence electrons. The fraction of sp³-hybridized carbons (Fsp3) is 0.273. The summed E-state index contributed by atoms with van der Waals surface area (Å²) in [5.74, 6) is 0.629. The zero-order valence-electron chi connectivity index (χ0n) is 18.1. The number of hydrogen-bond donors (Lipinski definition) is 1. The van der Waals surface area contributed by atoms with Gasteiger partial charge in [-0.3, -0.25) is 9.00 Å². The average molecular weight is 507 g/mol. The third-order valence-electron chi connectivity index (χ3n) is 5.41. The van der Waals surface area contributed by atoms with Crippen LogP contribution in [0, 0.1) is 0 Å². The number of carbonyl (C=O) groups excluding carboxylic acids is 1. The predicted octanol–water partition coefficient (Wildman–Crippen LogP) is 3.57. The quantitative estimate of drug-likeness (QED) is 0.528. The zero-order valence-corrected chi connectivity index (χ0v) is 20.5. The molecule has 1 N–H and O–H groups in total. The first kappa shape index (κ1) is 23.6. The molecule has 0 fully saturated rings. The van der Waals surface area contributed by atoms with E-state index in [2.05, 4.69) is 10.4 Å². The van der Waals surface area contributed by atoms with Crippen molar-refractivity contribution in [2.75, 3.05) is 18.4 Å². The lowest BCUT2D eigenvalue weighted by molar-refractivity contribution is 0.102. The summed E-state index contributed by atoms with van der Waals surface area (Å²) in [5, 5.41) is 7.94. The highest BCUT2D eigenvalue weighted by Crippen LogP contribution is 2.32. The van der Waals surface area contributed by atoms with Crippen molar-refractivity contribution in [1.82, 2.24) is 14.1 Å². The Morgan fingerprint density at radius 2 is 1.85 bits per heavy atom. The molecule has 33 heavy (non-hydrogen) atoms. The summed E-state index contributed by atoms with van der Waals surface area (Å²) in [5.41, 5.74) is 2.35. The Bertz CT molecular complexity index is 1330. The molecule has 0 bridgehead atoms. The Balaban J connectivity index is 1.65. The molecule has 1 aliphatic rings. The highest BCUT2D eigenvalue weighted by Gasteiger charge is 2.29. The summed E-state index contributed by atoms with van der Waals surface area (Å²) in [6, 6.07) is 12.9. The van der Waals surface area contributed by atoms with Crippen LogP contribution in [0.25, 0.3) is 5.69 Å². The van der Waals surface area contributed by atoms with Crippen LogP contribution < -0.4 is 5.32 Å². The first-order chi connectivity index (χ1) is 15.7. The highest BCUT2D eigenvalue weighted by molar-refractivity contribution is 7.89. The van der Waals surface area contributed by atoms with E-state index in [1.807, 2.05) is 6.07 Å². The van der Waals surface area contributed by atoms with E-state index in [-0.39, 0.29) is 4.90 Å². The maximum atomic E-state index is 13.0. The molecule has 11 heteroatoms. The number of nitrogens with one attached hydrogen (secondary N) is 1. The molecule has 0 saturated carbocycles. The van der Waals surface area contributed by atoms with Gasteiger partial charge in [0.15, 0.2) is 0 Å². The van der Waals surface area contributed by atoms with Crippen molar-refractivity contribution in [1.29, 1.82) is 0 Å². The fourth-order valence-electron chi connectivity index (χ4n) is 3.72.